The fourth-order valence-electron chi connectivity index (χ4n) is 12.0. The number of aryl methyl sites for hydroxylation is 3. The Hall–Kier alpha value is -8.46. The van der Waals surface area contributed by atoms with Crippen LogP contribution in [-0.2, 0) is 10.8 Å². The minimum atomic E-state index is -0.156. The SMILES string of the molecule is CC=C(C=CCC)N(C(C)=CC=C(C)c1ccc2c(c1)C(C)(C)c1cc(-c3ccc(-c4ccc5c(c4)C(C)(C)c4cc(-c6ccc(N(c7ccc(C)cc7)c7ccc(C)cc7)cc6)ccc4-5)cc3)ccc1-2)c1ccc(C)cc1. The third kappa shape index (κ3) is 9.59. The Bertz CT molecular complexity index is 3790. The normalized spacial score (nSPS) is 14.3. The van der Waals surface area contributed by atoms with E-state index in [9.17, 15) is 0 Å². The summed E-state index contributed by atoms with van der Waals surface area (Å²) in [7, 11) is 0. The molecule has 0 aliphatic heterocycles. The number of fused-ring (bicyclic) bond motifs is 6. The van der Waals surface area contributed by atoms with Gasteiger partial charge in [-0.3, -0.25) is 0 Å². The predicted molar refractivity (Wildman–Crippen MR) is 336 cm³/mol. The first-order chi connectivity index (χ1) is 37.6. The zero-order valence-corrected chi connectivity index (χ0v) is 47.5. The molecule has 0 heterocycles. The molecule has 0 amide bonds. The van der Waals surface area contributed by atoms with Gasteiger partial charge in [0.15, 0.2) is 0 Å². The van der Waals surface area contributed by atoms with Crippen molar-refractivity contribution in [3.8, 4) is 55.6 Å². The third-order valence-corrected chi connectivity index (χ3v) is 16.7. The maximum absolute atomic E-state index is 2.44. The summed E-state index contributed by atoms with van der Waals surface area (Å²) in [4.78, 5) is 4.69. The molecular weight excluding hydrogens is 941 g/mol. The van der Waals surface area contributed by atoms with Crippen LogP contribution in [0.1, 0.15) is 106 Å². The van der Waals surface area contributed by atoms with E-state index in [2.05, 4.69) is 310 Å². The molecule has 0 radical (unpaired) electrons. The Balaban J connectivity index is 0.809. The molecule has 0 bridgehead atoms. The zero-order chi connectivity index (χ0) is 54.5. The second-order valence-corrected chi connectivity index (χ2v) is 22.8. The van der Waals surface area contributed by atoms with Crippen molar-refractivity contribution in [2.24, 2.45) is 0 Å². The van der Waals surface area contributed by atoms with Gasteiger partial charge in [-0.1, -0.05) is 191 Å². The average Bonchev–Trinajstić information content (AvgIpc) is 4.07. The molecule has 0 N–H and O–H groups in total. The minimum Gasteiger partial charge on any atom is -0.315 e. The molecule has 78 heavy (non-hydrogen) atoms. The van der Waals surface area contributed by atoms with E-state index in [1.165, 1.54) is 106 Å². The Morgan fingerprint density at radius 3 is 1.15 bits per heavy atom. The lowest BCUT2D eigenvalue weighted by Crippen LogP contribution is -2.19. The van der Waals surface area contributed by atoms with E-state index < -0.39 is 0 Å². The topological polar surface area (TPSA) is 6.48 Å². The lowest BCUT2D eigenvalue weighted by Gasteiger charge is -2.27. The summed E-state index contributed by atoms with van der Waals surface area (Å²) in [5.74, 6) is 0. The van der Waals surface area contributed by atoms with Crippen molar-refractivity contribution in [3.63, 3.8) is 0 Å². The highest BCUT2D eigenvalue weighted by Crippen LogP contribution is 2.52. The summed E-state index contributed by atoms with van der Waals surface area (Å²) in [5, 5.41) is 0. The van der Waals surface area contributed by atoms with E-state index in [0.29, 0.717) is 0 Å². The van der Waals surface area contributed by atoms with E-state index in [1.54, 1.807) is 0 Å². The summed E-state index contributed by atoms with van der Waals surface area (Å²) >= 11 is 0. The summed E-state index contributed by atoms with van der Waals surface area (Å²) in [5.41, 5.74) is 31.1. The van der Waals surface area contributed by atoms with E-state index in [0.717, 1.165) is 40.6 Å². The lowest BCUT2D eigenvalue weighted by molar-refractivity contribution is 0.660. The molecule has 9 aromatic rings. The highest BCUT2D eigenvalue weighted by atomic mass is 15.2. The lowest BCUT2D eigenvalue weighted by atomic mass is 9.80. The maximum atomic E-state index is 2.44. The third-order valence-electron chi connectivity index (χ3n) is 16.7. The van der Waals surface area contributed by atoms with Crippen LogP contribution >= 0.6 is 0 Å². The van der Waals surface area contributed by atoms with E-state index in [1.807, 2.05) is 0 Å². The number of rotatable bonds is 13. The van der Waals surface area contributed by atoms with Gasteiger partial charge in [-0.05, 0) is 222 Å². The van der Waals surface area contributed by atoms with Gasteiger partial charge >= 0.3 is 0 Å². The van der Waals surface area contributed by atoms with Crippen molar-refractivity contribution in [3.05, 3.63) is 280 Å². The Labute approximate surface area is 465 Å². The highest BCUT2D eigenvalue weighted by molar-refractivity contribution is 5.88. The second kappa shape index (κ2) is 20.8. The van der Waals surface area contributed by atoms with Crippen LogP contribution in [0.4, 0.5) is 22.7 Å². The van der Waals surface area contributed by atoms with Crippen molar-refractivity contribution >= 4 is 28.3 Å². The first-order valence-corrected chi connectivity index (χ1v) is 27.9. The van der Waals surface area contributed by atoms with Gasteiger partial charge in [0.1, 0.15) is 0 Å². The molecule has 0 saturated heterocycles. The van der Waals surface area contributed by atoms with Crippen LogP contribution < -0.4 is 9.80 Å². The molecule has 9 aromatic carbocycles. The summed E-state index contributed by atoms with van der Waals surface area (Å²) < 4.78 is 0. The van der Waals surface area contributed by atoms with Gasteiger partial charge in [0.2, 0.25) is 0 Å². The van der Waals surface area contributed by atoms with Gasteiger partial charge in [0, 0.05) is 45.0 Å². The van der Waals surface area contributed by atoms with E-state index in [-0.39, 0.29) is 10.8 Å². The first-order valence-electron chi connectivity index (χ1n) is 27.9. The Morgan fingerprint density at radius 1 is 0.410 bits per heavy atom. The molecule has 2 nitrogen and oxygen atoms in total. The molecule has 386 valence electrons. The fraction of sp³-hybridized carbons (Fsp3) is 0.184. The molecule has 2 heteroatoms. The number of hydrogen-bond donors (Lipinski definition) is 0. The van der Waals surface area contributed by atoms with Crippen LogP contribution in [-0.4, -0.2) is 0 Å². The van der Waals surface area contributed by atoms with Gasteiger partial charge < -0.3 is 9.80 Å². The number of allylic oxidation sites excluding steroid dienone is 7. The molecular formula is C76H72N2. The summed E-state index contributed by atoms with van der Waals surface area (Å²) in [6, 6.07) is 73.0. The Morgan fingerprint density at radius 2 is 0.756 bits per heavy atom. The second-order valence-electron chi connectivity index (χ2n) is 22.8. The molecule has 0 fully saturated rings. The molecule has 0 aromatic heterocycles. The summed E-state index contributed by atoms with van der Waals surface area (Å²) in [6.07, 6.45) is 12.2. The molecule has 2 aliphatic carbocycles. The van der Waals surface area contributed by atoms with E-state index >= 15 is 0 Å². The molecule has 0 spiro atoms. The van der Waals surface area contributed by atoms with Crippen molar-refractivity contribution < 1.29 is 0 Å². The largest absolute Gasteiger partial charge is 0.315 e. The van der Waals surface area contributed by atoms with Crippen LogP contribution in [0.2, 0.25) is 0 Å². The molecule has 2 aliphatic rings. The van der Waals surface area contributed by atoms with Crippen LogP contribution in [0.5, 0.6) is 0 Å². The smallest absolute Gasteiger partial charge is 0.0462 e. The summed E-state index contributed by atoms with van der Waals surface area (Å²) in [6.45, 7) is 24.7. The van der Waals surface area contributed by atoms with Crippen LogP contribution in [0.15, 0.2) is 236 Å². The standard InChI is InChI=1S/C76H72N2/c1-12-14-15-62(13-2)77(63-34-16-50(3)17-35-63)54(7)23-22-53(6)58-30-42-67-68-43-31-59(47-72(68)75(8,9)71(67)46-58)55-24-26-56(27-25-55)60-32-44-69-70-45-33-61(49-74(70)76(10,11)73(69)48-60)57-28-40-66(41-29-57)78(64-36-18-51(4)19-37-64)65-38-20-52(5)21-39-65/h13-49H,12H2,1-11H3. The fourth-order valence-corrected chi connectivity index (χ4v) is 12.0. The maximum Gasteiger partial charge on any atom is 0.0462 e. The van der Waals surface area contributed by atoms with Crippen molar-refractivity contribution in [2.45, 2.75) is 93.4 Å². The van der Waals surface area contributed by atoms with Gasteiger partial charge in [0.25, 0.3) is 0 Å². The monoisotopic (exact) mass is 1010 g/mol. The highest BCUT2D eigenvalue weighted by Gasteiger charge is 2.37. The molecule has 0 atom stereocenters. The zero-order valence-electron chi connectivity index (χ0n) is 47.5. The van der Waals surface area contributed by atoms with Gasteiger partial charge in [-0.15, -0.1) is 0 Å². The molecule has 0 unspecified atom stereocenters. The predicted octanol–water partition coefficient (Wildman–Crippen LogP) is 21.4. The number of benzene rings is 9. The molecule has 11 rings (SSSR count). The van der Waals surface area contributed by atoms with Crippen LogP contribution in [0.3, 0.4) is 0 Å². The number of hydrogen-bond acceptors (Lipinski definition) is 2. The van der Waals surface area contributed by atoms with Crippen LogP contribution in [0.25, 0.3) is 61.2 Å². The van der Waals surface area contributed by atoms with Crippen molar-refractivity contribution in [2.75, 3.05) is 9.80 Å². The van der Waals surface area contributed by atoms with Crippen LogP contribution in [0, 0.1) is 20.8 Å². The van der Waals surface area contributed by atoms with Crippen molar-refractivity contribution in [1.82, 2.24) is 0 Å². The minimum absolute atomic E-state index is 0.150. The Kier molecular flexibility index (Phi) is 13.8. The quantitative estimate of drug-likeness (QED) is 0.106. The number of nitrogens with zero attached hydrogens (tertiary/aromatic N) is 2. The average molecular weight is 1010 g/mol. The van der Waals surface area contributed by atoms with Gasteiger partial charge in [-0.25, -0.2) is 0 Å². The first kappa shape index (κ1) is 51.6. The van der Waals surface area contributed by atoms with Crippen molar-refractivity contribution in [1.29, 1.82) is 0 Å². The van der Waals surface area contributed by atoms with Gasteiger partial charge in [0.05, 0.1) is 0 Å². The molecule has 0 saturated carbocycles. The van der Waals surface area contributed by atoms with E-state index in [4.69, 9.17) is 0 Å². The number of anilines is 4. The van der Waals surface area contributed by atoms with Gasteiger partial charge in [-0.2, -0.15) is 0 Å².